The lowest BCUT2D eigenvalue weighted by atomic mass is 9.92. The van der Waals surface area contributed by atoms with Gasteiger partial charge < -0.3 is 9.80 Å². The summed E-state index contributed by atoms with van der Waals surface area (Å²) in [5, 5.41) is 7.60. The Bertz CT molecular complexity index is 1390. The van der Waals surface area contributed by atoms with Crippen LogP contribution in [0.15, 0.2) is 53.2 Å². The smallest absolute Gasteiger partial charge is 0.264 e. The second-order valence-electron chi connectivity index (χ2n) is 10.8. The fourth-order valence-corrected chi connectivity index (χ4v) is 6.30. The number of rotatable bonds is 5. The van der Waals surface area contributed by atoms with E-state index in [9.17, 15) is 14.4 Å². The predicted molar refractivity (Wildman–Crippen MR) is 144 cm³/mol. The Morgan fingerprint density at radius 2 is 1.74 bits per heavy atom. The molecule has 3 aliphatic heterocycles. The van der Waals surface area contributed by atoms with Crippen LogP contribution in [0.5, 0.6) is 0 Å². The maximum atomic E-state index is 13.7. The fourth-order valence-electron chi connectivity index (χ4n) is 6.30. The number of hydrogen-bond acceptors (Lipinski definition) is 7. The van der Waals surface area contributed by atoms with E-state index in [4.69, 9.17) is 4.63 Å². The Balaban J connectivity index is 1.16. The Kier molecular flexibility index (Phi) is 6.89. The summed E-state index contributed by atoms with van der Waals surface area (Å²) in [6.07, 6.45) is 4.76. The number of benzene rings is 2. The molecule has 4 heterocycles. The van der Waals surface area contributed by atoms with Gasteiger partial charge in [0.25, 0.3) is 11.8 Å². The van der Waals surface area contributed by atoms with E-state index in [-0.39, 0.29) is 30.2 Å². The molecule has 1 aromatic heterocycles. The first kappa shape index (κ1) is 25.3. The summed E-state index contributed by atoms with van der Waals surface area (Å²) < 4.78 is 4.75. The maximum absolute atomic E-state index is 13.7. The van der Waals surface area contributed by atoms with Gasteiger partial charge in [-0.3, -0.25) is 19.3 Å². The van der Waals surface area contributed by atoms with Gasteiger partial charge in [0.2, 0.25) is 5.91 Å². The van der Waals surface area contributed by atoms with Gasteiger partial charge in [-0.05, 0) is 62.6 Å². The summed E-state index contributed by atoms with van der Waals surface area (Å²) >= 11 is 0. The van der Waals surface area contributed by atoms with Crippen LogP contribution in [0.2, 0.25) is 0 Å². The second-order valence-corrected chi connectivity index (χ2v) is 10.8. The van der Waals surface area contributed by atoms with Crippen LogP contribution >= 0.6 is 0 Å². The first-order valence-corrected chi connectivity index (χ1v) is 13.9. The van der Waals surface area contributed by atoms with Crippen LogP contribution in [0, 0.1) is 12.8 Å². The number of aromatic nitrogens is 2. The first-order valence-electron chi connectivity index (χ1n) is 13.9. The van der Waals surface area contributed by atoms with Crippen LogP contribution in [0.4, 0.5) is 5.69 Å². The summed E-state index contributed by atoms with van der Waals surface area (Å²) in [5.74, 6) is -0.126. The minimum Gasteiger partial charge on any atom is -0.370 e. The Hall–Kier alpha value is -4.01. The molecule has 2 atom stereocenters. The summed E-state index contributed by atoms with van der Waals surface area (Å²) in [6.45, 7) is 4.59. The van der Waals surface area contributed by atoms with Crippen LogP contribution in [-0.2, 0) is 11.3 Å². The third kappa shape index (κ3) is 4.82. The lowest BCUT2D eigenvalue weighted by Crippen LogP contribution is -2.45. The van der Waals surface area contributed by atoms with Crippen molar-refractivity contribution in [3.8, 4) is 0 Å². The van der Waals surface area contributed by atoms with Crippen molar-refractivity contribution in [3.05, 3.63) is 76.6 Å². The zero-order valence-corrected chi connectivity index (χ0v) is 22.2. The quantitative estimate of drug-likeness (QED) is 0.459. The number of amides is 3. The number of fused-ring (bicyclic) bond motifs is 1. The van der Waals surface area contributed by atoms with E-state index in [0.29, 0.717) is 35.0 Å². The molecule has 0 radical (unpaired) electrons. The van der Waals surface area contributed by atoms with Crippen molar-refractivity contribution in [2.75, 3.05) is 31.1 Å². The molecule has 2 saturated heterocycles. The summed E-state index contributed by atoms with van der Waals surface area (Å²) in [4.78, 5) is 45.7. The van der Waals surface area contributed by atoms with Crippen LogP contribution in [-0.4, -0.2) is 64.0 Å². The summed E-state index contributed by atoms with van der Waals surface area (Å²) in [6, 6.07) is 16.0. The molecule has 6 rings (SSSR count). The molecule has 0 aliphatic carbocycles. The number of anilines is 1. The highest BCUT2D eigenvalue weighted by atomic mass is 16.6. The highest BCUT2D eigenvalue weighted by Crippen LogP contribution is 2.35. The number of carbonyl (C=O) groups is 3. The SMILES string of the molecule is Cc1nonc1CN1C(=O)c2cccc(N3CCC[C@@H](C(=O)N4CCC[C@H](c5ccccc5)CC4)C3)c2C1=O. The minimum absolute atomic E-state index is 0.0150. The van der Waals surface area contributed by atoms with Gasteiger partial charge in [0, 0.05) is 26.2 Å². The van der Waals surface area contributed by atoms with Crippen molar-refractivity contribution in [2.24, 2.45) is 5.92 Å². The van der Waals surface area contributed by atoms with Crippen molar-refractivity contribution >= 4 is 23.4 Å². The molecule has 0 unspecified atom stereocenters. The molecule has 0 N–H and O–H groups in total. The van der Waals surface area contributed by atoms with Crippen LogP contribution in [0.3, 0.4) is 0 Å². The van der Waals surface area contributed by atoms with Gasteiger partial charge in [-0.1, -0.05) is 46.7 Å². The molecule has 9 heteroatoms. The molecule has 0 saturated carbocycles. The largest absolute Gasteiger partial charge is 0.370 e. The lowest BCUT2D eigenvalue weighted by molar-refractivity contribution is -0.135. The van der Waals surface area contributed by atoms with E-state index < -0.39 is 0 Å². The average molecular weight is 528 g/mol. The van der Waals surface area contributed by atoms with E-state index in [0.717, 1.165) is 57.4 Å². The first-order chi connectivity index (χ1) is 19.0. The number of piperidine rings is 1. The van der Waals surface area contributed by atoms with Gasteiger partial charge in [0.1, 0.15) is 11.4 Å². The molecule has 2 aromatic carbocycles. The standard InChI is InChI=1S/C30H33N5O4/c1-20-25(32-39-31-20)19-35-29(37)24-12-5-13-26(27(24)30(35)38)34-16-7-11-23(18-34)28(36)33-15-6-10-22(14-17-33)21-8-3-2-4-9-21/h2-5,8-9,12-13,22-23H,6-7,10-11,14-19H2,1H3/t22-,23+/m0/s1. The molecular formula is C30H33N5O4. The van der Waals surface area contributed by atoms with Crippen molar-refractivity contribution in [3.63, 3.8) is 0 Å². The zero-order valence-electron chi connectivity index (χ0n) is 22.2. The number of likely N-dealkylation sites (tertiary alicyclic amines) is 1. The van der Waals surface area contributed by atoms with E-state index in [1.807, 2.05) is 18.2 Å². The van der Waals surface area contributed by atoms with Crippen molar-refractivity contribution in [2.45, 2.75) is 51.5 Å². The van der Waals surface area contributed by atoms with Crippen LogP contribution < -0.4 is 4.90 Å². The maximum Gasteiger partial charge on any atom is 0.264 e. The predicted octanol–water partition coefficient (Wildman–Crippen LogP) is 4.19. The Labute approximate surface area is 227 Å². The number of carbonyl (C=O) groups excluding carboxylic acids is 3. The molecule has 202 valence electrons. The van der Waals surface area contributed by atoms with E-state index in [2.05, 4.69) is 44.4 Å². The fraction of sp³-hybridized carbons (Fsp3) is 0.433. The van der Waals surface area contributed by atoms with Crippen LogP contribution in [0.1, 0.15) is 75.7 Å². The third-order valence-electron chi connectivity index (χ3n) is 8.45. The molecule has 9 nitrogen and oxygen atoms in total. The number of hydrogen-bond donors (Lipinski definition) is 0. The van der Waals surface area contributed by atoms with Crippen LogP contribution in [0.25, 0.3) is 0 Å². The zero-order chi connectivity index (χ0) is 26.9. The van der Waals surface area contributed by atoms with Gasteiger partial charge in [0.15, 0.2) is 0 Å². The summed E-state index contributed by atoms with van der Waals surface area (Å²) in [5.41, 5.74) is 3.89. The van der Waals surface area contributed by atoms with Gasteiger partial charge in [-0.2, -0.15) is 0 Å². The molecule has 0 spiro atoms. The molecule has 3 aliphatic rings. The molecule has 2 fully saturated rings. The molecule has 3 amide bonds. The topological polar surface area (TPSA) is 99.8 Å². The normalized spacial score (nSPS) is 21.7. The summed E-state index contributed by atoms with van der Waals surface area (Å²) in [7, 11) is 0. The molecule has 0 bridgehead atoms. The van der Waals surface area contributed by atoms with Crippen molar-refractivity contribution in [1.29, 1.82) is 0 Å². The van der Waals surface area contributed by atoms with Gasteiger partial charge in [-0.15, -0.1) is 0 Å². The number of imide groups is 1. The van der Waals surface area contributed by atoms with Crippen molar-refractivity contribution in [1.82, 2.24) is 20.1 Å². The highest BCUT2D eigenvalue weighted by molar-refractivity contribution is 6.23. The lowest BCUT2D eigenvalue weighted by Gasteiger charge is -2.36. The van der Waals surface area contributed by atoms with E-state index >= 15 is 0 Å². The average Bonchev–Trinajstić information content (AvgIpc) is 3.36. The molecule has 39 heavy (non-hydrogen) atoms. The molecular weight excluding hydrogens is 494 g/mol. The minimum atomic E-state index is -0.346. The van der Waals surface area contributed by atoms with Crippen molar-refractivity contribution < 1.29 is 19.0 Å². The monoisotopic (exact) mass is 527 g/mol. The van der Waals surface area contributed by atoms with E-state index in [1.54, 1.807) is 13.0 Å². The Morgan fingerprint density at radius 1 is 0.923 bits per heavy atom. The second kappa shape index (κ2) is 10.6. The third-order valence-corrected chi connectivity index (χ3v) is 8.45. The van der Waals surface area contributed by atoms with Gasteiger partial charge in [-0.25, -0.2) is 4.63 Å². The molecule has 3 aromatic rings. The van der Waals surface area contributed by atoms with Gasteiger partial charge in [0.05, 0.1) is 29.3 Å². The van der Waals surface area contributed by atoms with Gasteiger partial charge >= 0.3 is 0 Å². The number of aryl methyl sites for hydroxylation is 1. The number of nitrogens with zero attached hydrogens (tertiary/aromatic N) is 5. The Morgan fingerprint density at radius 3 is 2.54 bits per heavy atom. The highest BCUT2D eigenvalue weighted by Gasteiger charge is 2.40. The van der Waals surface area contributed by atoms with E-state index in [1.165, 1.54) is 10.5 Å².